The van der Waals surface area contributed by atoms with Crippen LogP contribution in [-0.2, 0) is 132 Å². The van der Waals surface area contributed by atoms with Crippen LogP contribution in [0.2, 0.25) is 0 Å². The third kappa shape index (κ3) is 21.1. The molecule has 102 heavy (non-hydrogen) atoms. The zero-order chi connectivity index (χ0) is 71.4. The molecule has 0 amide bonds. The summed E-state index contributed by atoms with van der Waals surface area (Å²) in [7, 11) is 0. The van der Waals surface area contributed by atoms with E-state index in [2.05, 4.69) is 6.58 Å². The van der Waals surface area contributed by atoms with E-state index in [1.807, 2.05) is 233 Å². The molecule has 7 aromatic rings. The van der Waals surface area contributed by atoms with Crippen molar-refractivity contribution in [2.75, 3.05) is 6.61 Å². The number of ether oxygens (including phenoxy) is 17. The first-order chi connectivity index (χ1) is 49.6. The highest BCUT2D eigenvalue weighted by Gasteiger charge is 2.59. The van der Waals surface area contributed by atoms with Crippen LogP contribution in [0.5, 0.6) is 0 Å². The monoisotopic (exact) mass is 1460 g/mol. The Morgan fingerprint density at radius 3 is 0.912 bits per heavy atom. The minimum Gasteiger partial charge on any atom is -0.454 e. The molecule has 0 aromatic heterocycles. The van der Waals surface area contributed by atoms with Crippen molar-refractivity contribution < 1.29 is 85.3 Å². The summed E-state index contributed by atoms with van der Waals surface area (Å²) < 4.78 is 117. The van der Waals surface area contributed by atoms with Gasteiger partial charge in [0.05, 0.1) is 77.3 Å². The number of carbonyl (C=O) groups excluding carboxylic acids is 1. The number of alkyl halides is 3. The largest absolute Gasteiger partial charge is 0.454 e. The van der Waals surface area contributed by atoms with Crippen molar-refractivity contribution in [1.29, 1.82) is 5.41 Å². The average Bonchev–Trinajstić information content (AvgIpc) is 0.742. The number of hydrogen-bond donors (Lipinski definition) is 1. The highest BCUT2D eigenvalue weighted by molar-refractivity contribution is 6.76. The Hall–Kier alpha value is -6.51. The molecule has 0 bridgehead atoms. The molecule has 4 aliphatic rings. The second-order valence-electron chi connectivity index (χ2n) is 25.6. The second-order valence-corrected chi connectivity index (χ2v) is 27.9. The third-order valence-corrected chi connectivity index (χ3v) is 18.5. The van der Waals surface area contributed by atoms with Crippen molar-refractivity contribution >= 4 is 46.7 Å². The van der Waals surface area contributed by atoms with Crippen molar-refractivity contribution in [2.24, 2.45) is 0 Å². The highest BCUT2D eigenvalue weighted by atomic mass is 35.6. The molecule has 0 aliphatic carbocycles. The maximum Gasteiger partial charge on any atom is 0.303 e. The summed E-state index contributed by atoms with van der Waals surface area (Å²) in [5.41, 5.74) is 6.03. The number of nitrogens with one attached hydrogen (secondary N) is 1. The van der Waals surface area contributed by atoms with Crippen molar-refractivity contribution in [3.05, 3.63) is 264 Å². The van der Waals surface area contributed by atoms with Gasteiger partial charge >= 0.3 is 5.97 Å². The number of halogens is 3. The summed E-state index contributed by atoms with van der Waals surface area (Å²) in [5.74, 6) is -1.44. The van der Waals surface area contributed by atoms with Crippen molar-refractivity contribution in [3.8, 4) is 0 Å². The summed E-state index contributed by atoms with van der Waals surface area (Å²) >= 11 is 19.4. The minimum atomic E-state index is -2.37. The van der Waals surface area contributed by atoms with Crippen LogP contribution in [0.1, 0.15) is 73.6 Å². The number of rotatable bonds is 32. The number of carbonyl (C=O) groups is 1. The maximum absolute atomic E-state index is 13.7. The van der Waals surface area contributed by atoms with Gasteiger partial charge in [-0.1, -0.05) is 253 Å². The Labute approximate surface area is 612 Å². The molecule has 4 saturated heterocycles. The van der Waals surface area contributed by atoms with E-state index in [9.17, 15) is 4.79 Å². The van der Waals surface area contributed by atoms with E-state index in [0.29, 0.717) is 0 Å². The van der Waals surface area contributed by atoms with Crippen LogP contribution in [0.3, 0.4) is 0 Å². The average molecular weight is 1460 g/mol. The zero-order valence-electron chi connectivity index (χ0n) is 57.7. The van der Waals surface area contributed by atoms with Gasteiger partial charge in [-0.3, -0.25) is 10.2 Å². The summed E-state index contributed by atoms with van der Waals surface area (Å²) in [6.07, 6.45) is -21.3. The fraction of sp³-hybridized carbons (Fsp3) is 0.425. The van der Waals surface area contributed by atoms with Gasteiger partial charge in [0.25, 0.3) is 3.79 Å². The molecule has 0 unspecified atom stereocenters. The van der Waals surface area contributed by atoms with Crippen LogP contribution in [0, 0.1) is 5.41 Å². The molecule has 11 rings (SSSR count). The lowest BCUT2D eigenvalue weighted by atomic mass is 9.95. The number of hydrogen-bond acceptors (Lipinski definition) is 19. The van der Waals surface area contributed by atoms with Crippen LogP contribution >= 0.6 is 34.8 Å². The smallest absolute Gasteiger partial charge is 0.303 e. The fourth-order valence-electron chi connectivity index (χ4n) is 12.9. The molecule has 0 spiro atoms. The van der Waals surface area contributed by atoms with Crippen molar-refractivity contribution in [3.63, 3.8) is 0 Å². The quantitative estimate of drug-likeness (QED) is 0.0137. The van der Waals surface area contributed by atoms with Crippen LogP contribution in [0.25, 0.3) is 0 Å². The van der Waals surface area contributed by atoms with Gasteiger partial charge < -0.3 is 80.5 Å². The van der Waals surface area contributed by atoms with Gasteiger partial charge in [-0.2, -0.15) is 0 Å². The molecular formula is C80H90Cl3NO18. The molecule has 22 heteroatoms. The van der Waals surface area contributed by atoms with Gasteiger partial charge in [0.2, 0.25) is 12.2 Å². The van der Waals surface area contributed by atoms with E-state index < -0.39 is 138 Å². The van der Waals surface area contributed by atoms with Gasteiger partial charge in [0.15, 0.2) is 31.1 Å². The zero-order valence-corrected chi connectivity index (χ0v) is 59.9. The first-order valence-corrected chi connectivity index (χ1v) is 35.6. The van der Waals surface area contributed by atoms with Gasteiger partial charge in [-0.15, -0.1) is 6.58 Å². The van der Waals surface area contributed by atoms with Crippen LogP contribution in [0.15, 0.2) is 225 Å². The molecule has 0 saturated carbocycles. The van der Waals surface area contributed by atoms with E-state index >= 15 is 0 Å². The first kappa shape index (κ1) is 76.6. The van der Waals surface area contributed by atoms with Crippen molar-refractivity contribution in [1.82, 2.24) is 0 Å². The Balaban J connectivity index is 1.07. The molecule has 4 fully saturated rings. The van der Waals surface area contributed by atoms with Crippen LogP contribution < -0.4 is 0 Å². The summed E-state index contributed by atoms with van der Waals surface area (Å²) in [6, 6.07) is 67.8. The molecule has 7 aromatic carbocycles. The lowest BCUT2D eigenvalue weighted by molar-refractivity contribution is -0.411. The molecule has 4 heterocycles. The minimum absolute atomic E-state index is 0.0294. The number of esters is 1. The Morgan fingerprint density at radius 2 is 0.598 bits per heavy atom. The third-order valence-electron chi connectivity index (χ3n) is 18.0. The normalized spacial score (nSPS) is 29.7. The highest BCUT2D eigenvalue weighted by Crippen LogP contribution is 2.42. The molecule has 544 valence electrons. The van der Waals surface area contributed by atoms with Crippen molar-refractivity contribution in [2.45, 2.75) is 207 Å². The molecular weight excluding hydrogens is 1370 g/mol. The van der Waals surface area contributed by atoms with E-state index in [-0.39, 0.29) is 52.9 Å². The molecule has 20 atom stereocenters. The predicted octanol–water partition coefficient (Wildman–Crippen LogP) is 14.1. The first-order valence-electron chi connectivity index (χ1n) is 34.5. The van der Waals surface area contributed by atoms with Gasteiger partial charge in [-0.25, -0.2) is 0 Å². The molecule has 1 N–H and O–H groups in total. The summed E-state index contributed by atoms with van der Waals surface area (Å²) in [6.45, 7) is 13.4. The second kappa shape index (κ2) is 38.0. The fourth-order valence-corrected chi connectivity index (χ4v) is 13.1. The van der Waals surface area contributed by atoms with Gasteiger partial charge in [0.1, 0.15) is 61.0 Å². The van der Waals surface area contributed by atoms with Gasteiger partial charge in [-0.05, 0) is 66.6 Å². The topological polar surface area (TPSA) is 198 Å². The molecule has 0 radical (unpaired) electrons. The Bertz CT molecular complexity index is 3620. The summed E-state index contributed by atoms with van der Waals surface area (Å²) in [4.78, 5) is 13.7. The van der Waals surface area contributed by atoms with E-state index in [1.165, 1.54) is 6.92 Å². The standard InChI is InChI=1S/C80H90Cl3NO18/c1-7-43-86-68-64(88-45-57-31-17-9-18-32-57)52(3)95-76(72(68)98-55(6)85)99-70-66(90-47-59-35-21-11-22-36-59)54(5)96-77(100-73-69(92-49-61-39-25-13-26-40-61)65(89-46-58-33-19-10-20-34-58)53(4)97-78(73)102-79(84)80(81,82)83)74(70)101-75-71(93-50-62-41-27-14-28-42-62)67(91-48-60-37-23-12-24-38-60)63(51(2)94-75)87-44-56-29-15-8-16-30-56/h7-42,51-54,63-78,84H,1,43-50H2,2-6H3/t51-,52+,53+,54+,63-,64+,65+,66+,67+,68-,69-,70-,71+,72+,73+,74+,75-,76-,77-,78-/m0/s1. The lowest BCUT2D eigenvalue weighted by Crippen LogP contribution is -2.68. The van der Waals surface area contributed by atoms with E-state index in [0.717, 1.165) is 38.9 Å². The Morgan fingerprint density at radius 1 is 0.353 bits per heavy atom. The Kier molecular flexibility index (Phi) is 28.5. The molecule has 19 nitrogen and oxygen atoms in total. The van der Waals surface area contributed by atoms with Gasteiger partial charge in [0, 0.05) is 6.92 Å². The number of benzene rings is 7. The molecule has 4 aliphatic heterocycles. The lowest BCUT2D eigenvalue weighted by Gasteiger charge is -2.52. The van der Waals surface area contributed by atoms with E-state index in [1.54, 1.807) is 13.0 Å². The summed E-state index contributed by atoms with van der Waals surface area (Å²) in [5, 5.41) is 9.09. The maximum atomic E-state index is 13.7. The van der Waals surface area contributed by atoms with Crippen LogP contribution in [0.4, 0.5) is 0 Å². The predicted molar refractivity (Wildman–Crippen MR) is 382 cm³/mol. The van der Waals surface area contributed by atoms with Crippen LogP contribution in [-0.4, -0.2) is 145 Å². The SMILES string of the molecule is C=CCO[C@@H]1[C@@H](OC(C)=O)[C@H](O[C@@H]2[C@@H](O[C@@H]3O[C@@H](C)[C@H](OCc4ccccc4)[C@@H](OCc4ccccc4)[C@H]3OCc3ccccc3)[C@H](O[C@H]3[C@H](OC(=N)C(Cl)(Cl)Cl)O[C@H](C)[C@@H](OCc4ccccc4)[C@@H]3OCc3ccccc3)O[C@H](C)[C@H]2OCc2ccccc2)O[C@H](C)[C@H]1OCc1ccccc1. The van der Waals surface area contributed by atoms with E-state index in [4.69, 9.17) is 121 Å².